The van der Waals surface area contributed by atoms with Gasteiger partial charge in [0.2, 0.25) is 0 Å². The molecule has 8 heteroatoms. The van der Waals surface area contributed by atoms with E-state index in [1.54, 1.807) is 0 Å². The molecule has 0 atom stereocenters. The molecule has 0 saturated carbocycles. The van der Waals surface area contributed by atoms with E-state index in [4.69, 9.17) is 4.74 Å². The summed E-state index contributed by atoms with van der Waals surface area (Å²) < 4.78 is 11.6. The summed E-state index contributed by atoms with van der Waals surface area (Å²) in [5, 5.41) is 10.9. The summed E-state index contributed by atoms with van der Waals surface area (Å²) >= 11 is 0. The molecule has 26 heavy (non-hydrogen) atoms. The van der Waals surface area contributed by atoms with Crippen LogP contribution in [0.1, 0.15) is 65.0 Å². The minimum Gasteiger partial charge on any atom is -0.469 e. The van der Waals surface area contributed by atoms with Gasteiger partial charge in [0.05, 0.1) is 19.2 Å². The summed E-state index contributed by atoms with van der Waals surface area (Å²) in [6.45, 7) is 7.01. The van der Waals surface area contributed by atoms with Crippen LogP contribution in [0.15, 0.2) is 6.20 Å². The third-order valence-electron chi connectivity index (χ3n) is 3.63. The van der Waals surface area contributed by atoms with Gasteiger partial charge in [0.15, 0.2) is 0 Å². The standard InChI is InChI=1S/C18H32N4O4/c1-18(2,3)26-17(24)19-12-8-6-5-7-9-13-22-14-15(20-21-22)10-11-16(23)25-4/h14H,5-13H2,1-4H3,(H,19,24). The lowest BCUT2D eigenvalue weighted by molar-refractivity contribution is -0.140. The molecule has 0 radical (unpaired) electrons. The Bertz CT molecular complexity index is 552. The normalized spacial score (nSPS) is 11.2. The molecule has 1 N–H and O–H groups in total. The molecular formula is C18H32N4O4. The van der Waals surface area contributed by atoms with E-state index >= 15 is 0 Å². The Hall–Kier alpha value is -2.12. The highest BCUT2D eigenvalue weighted by atomic mass is 16.6. The van der Waals surface area contributed by atoms with Gasteiger partial charge in [0.25, 0.3) is 0 Å². The van der Waals surface area contributed by atoms with Gasteiger partial charge < -0.3 is 14.8 Å². The maximum Gasteiger partial charge on any atom is 0.407 e. The molecule has 0 aliphatic carbocycles. The molecule has 1 rings (SSSR count). The fourth-order valence-corrected chi connectivity index (χ4v) is 2.33. The number of amides is 1. The second kappa shape index (κ2) is 11.5. The van der Waals surface area contributed by atoms with Gasteiger partial charge in [-0.2, -0.15) is 0 Å². The third-order valence-corrected chi connectivity index (χ3v) is 3.63. The largest absolute Gasteiger partial charge is 0.469 e. The highest BCUT2D eigenvalue weighted by Crippen LogP contribution is 2.07. The number of alkyl carbamates (subject to hydrolysis) is 1. The Morgan fingerprint density at radius 2 is 1.85 bits per heavy atom. The molecule has 0 bridgehead atoms. The summed E-state index contributed by atoms with van der Waals surface area (Å²) in [4.78, 5) is 22.6. The predicted molar refractivity (Wildman–Crippen MR) is 97.7 cm³/mol. The van der Waals surface area contributed by atoms with Gasteiger partial charge in [-0.1, -0.05) is 24.5 Å². The number of nitrogens with one attached hydrogen (secondary N) is 1. The second-order valence-electron chi connectivity index (χ2n) is 7.25. The molecule has 0 aliphatic rings. The van der Waals surface area contributed by atoms with Gasteiger partial charge in [-0.25, -0.2) is 4.79 Å². The van der Waals surface area contributed by atoms with Crippen molar-refractivity contribution < 1.29 is 19.1 Å². The molecule has 1 aromatic heterocycles. The first-order valence-electron chi connectivity index (χ1n) is 9.23. The number of ether oxygens (including phenoxy) is 2. The van der Waals surface area contributed by atoms with E-state index in [1.165, 1.54) is 7.11 Å². The maximum absolute atomic E-state index is 11.5. The number of nitrogens with zero attached hydrogens (tertiary/aromatic N) is 3. The van der Waals surface area contributed by atoms with Gasteiger partial charge in [-0.15, -0.1) is 5.10 Å². The average Bonchev–Trinajstić information content (AvgIpc) is 3.01. The maximum atomic E-state index is 11.5. The minimum absolute atomic E-state index is 0.235. The van der Waals surface area contributed by atoms with Crippen molar-refractivity contribution in [3.05, 3.63) is 11.9 Å². The number of unbranched alkanes of at least 4 members (excludes halogenated alkanes) is 4. The number of rotatable bonds is 11. The summed E-state index contributed by atoms with van der Waals surface area (Å²) in [5.74, 6) is -0.235. The average molecular weight is 368 g/mol. The molecule has 1 heterocycles. The van der Waals surface area contributed by atoms with Crippen molar-refractivity contribution in [3.8, 4) is 0 Å². The molecular weight excluding hydrogens is 336 g/mol. The van der Waals surface area contributed by atoms with Gasteiger partial charge in [-0.3, -0.25) is 9.48 Å². The molecule has 0 spiro atoms. The zero-order chi connectivity index (χ0) is 19.4. The predicted octanol–water partition coefficient (Wildman–Crippen LogP) is 2.86. The first-order chi connectivity index (χ1) is 12.3. The number of carbonyl (C=O) groups excluding carboxylic acids is 2. The summed E-state index contributed by atoms with van der Waals surface area (Å²) in [6.07, 6.45) is 7.66. The fraction of sp³-hybridized carbons (Fsp3) is 0.778. The first kappa shape index (κ1) is 21.9. The number of hydrogen-bond acceptors (Lipinski definition) is 6. The smallest absolute Gasteiger partial charge is 0.407 e. The van der Waals surface area contributed by atoms with Crippen molar-refractivity contribution >= 4 is 12.1 Å². The highest BCUT2D eigenvalue weighted by molar-refractivity contribution is 5.69. The molecule has 1 amide bonds. The van der Waals surface area contributed by atoms with Crippen LogP contribution < -0.4 is 5.32 Å². The topological polar surface area (TPSA) is 95.3 Å². The molecule has 0 fully saturated rings. The second-order valence-corrected chi connectivity index (χ2v) is 7.25. The summed E-state index contributed by atoms with van der Waals surface area (Å²) in [5.41, 5.74) is 0.355. The van der Waals surface area contributed by atoms with Crippen LogP contribution in [-0.4, -0.2) is 46.3 Å². The molecule has 0 aliphatic heterocycles. The monoisotopic (exact) mass is 368 g/mol. The lowest BCUT2D eigenvalue weighted by Crippen LogP contribution is -2.32. The van der Waals surface area contributed by atoms with Crippen LogP contribution in [0, 0.1) is 0 Å². The molecule has 1 aromatic rings. The Morgan fingerprint density at radius 1 is 1.15 bits per heavy atom. The van der Waals surface area contributed by atoms with E-state index < -0.39 is 5.60 Å². The molecule has 0 saturated heterocycles. The van der Waals surface area contributed by atoms with Crippen LogP contribution in [-0.2, 0) is 27.2 Å². The highest BCUT2D eigenvalue weighted by Gasteiger charge is 2.15. The van der Waals surface area contributed by atoms with Crippen LogP contribution in [0.2, 0.25) is 0 Å². The number of esters is 1. The lowest BCUT2D eigenvalue weighted by atomic mass is 10.1. The van der Waals surface area contributed by atoms with E-state index in [9.17, 15) is 9.59 Å². The zero-order valence-electron chi connectivity index (χ0n) is 16.4. The number of hydrogen-bond donors (Lipinski definition) is 1. The van der Waals surface area contributed by atoms with E-state index in [2.05, 4.69) is 20.4 Å². The molecule has 8 nitrogen and oxygen atoms in total. The van der Waals surface area contributed by atoms with Crippen LogP contribution in [0.3, 0.4) is 0 Å². The van der Waals surface area contributed by atoms with Crippen molar-refractivity contribution in [2.45, 2.75) is 77.9 Å². The third kappa shape index (κ3) is 10.7. The Kier molecular flexibility index (Phi) is 9.69. The lowest BCUT2D eigenvalue weighted by Gasteiger charge is -2.19. The summed E-state index contributed by atoms with van der Waals surface area (Å²) in [6, 6.07) is 0. The first-order valence-corrected chi connectivity index (χ1v) is 9.23. The van der Waals surface area contributed by atoms with Crippen LogP contribution in [0.25, 0.3) is 0 Å². The molecule has 148 valence electrons. The minimum atomic E-state index is -0.454. The van der Waals surface area contributed by atoms with Crippen molar-refractivity contribution in [1.29, 1.82) is 0 Å². The summed E-state index contributed by atoms with van der Waals surface area (Å²) in [7, 11) is 1.38. The van der Waals surface area contributed by atoms with Gasteiger partial charge in [0, 0.05) is 25.7 Å². The van der Waals surface area contributed by atoms with E-state index in [-0.39, 0.29) is 12.1 Å². The van der Waals surface area contributed by atoms with Crippen molar-refractivity contribution in [1.82, 2.24) is 20.3 Å². The number of methoxy groups -OCH3 is 1. The zero-order valence-corrected chi connectivity index (χ0v) is 16.4. The van der Waals surface area contributed by atoms with Crippen LogP contribution >= 0.6 is 0 Å². The van der Waals surface area contributed by atoms with Gasteiger partial charge in [0.1, 0.15) is 5.60 Å². The Labute approximate surface area is 155 Å². The van der Waals surface area contributed by atoms with Gasteiger partial charge in [-0.05, 0) is 33.6 Å². The van der Waals surface area contributed by atoms with Crippen molar-refractivity contribution in [3.63, 3.8) is 0 Å². The quantitative estimate of drug-likeness (QED) is 0.477. The van der Waals surface area contributed by atoms with Crippen molar-refractivity contribution in [2.24, 2.45) is 0 Å². The molecule has 0 unspecified atom stereocenters. The van der Waals surface area contributed by atoms with E-state index in [0.717, 1.165) is 44.3 Å². The van der Waals surface area contributed by atoms with E-state index in [1.807, 2.05) is 31.6 Å². The number of aryl methyl sites for hydroxylation is 2. The van der Waals surface area contributed by atoms with E-state index in [0.29, 0.717) is 19.4 Å². The SMILES string of the molecule is COC(=O)CCc1cn(CCCCCCCNC(=O)OC(C)(C)C)nn1. The fourth-order valence-electron chi connectivity index (χ4n) is 2.33. The van der Waals surface area contributed by atoms with Crippen LogP contribution in [0.5, 0.6) is 0 Å². The van der Waals surface area contributed by atoms with Crippen LogP contribution in [0.4, 0.5) is 4.79 Å². The Balaban J connectivity index is 2.01. The van der Waals surface area contributed by atoms with Gasteiger partial charge >= 0.3 is 12.1 Å². The molecule has 0 aromatic carbocycles. The number of aromatic nitrogens is 3. The Morgan fingerprint density at radius 3 is 2.54 bits per heavy atom. The van der Waals surface area contributed by atoms with Crippen molar-refractivity contribution in [2.75, 3.05) is 13.7 Å². The number of carbonyl (C=O) groups is 2.